The first-order valence-electron chi connectivity index (χ1n) is 6.37. The standard InChI is InChI=1S/C14H14FN3O2S/c15-10-2-4-11(5-3-10)21-9-1-8-16-14(20)12-6-7-13(19)18-17-12/h2-7H,1,8-9H2,(H,16,20)(H,18,19). The summed E-state index contributed by atoms with van der Waals surface area (Å²) in [4.78, 5) is 23.5. The van der Waals surface area contributed by atoms with Crippen LogP contribution in [0.4, 0.5) is 4.39 Å². The molecule has 1 aromatic carbocycles. The zero-order valence-corrected chi connectivity index (χ0v) is 12.0. The van der Waals surface area contributed by atoms with Crippen molar-refractivity contribution in [3.8, 4) is 0 Å². The SMILES string of the molecule is O=C(NCCCSc1ccc(F)cc1)c1ccc(=O)[nH]n1. The Hall–Kier alpha value is -2.15. The number of carbonyl (C=O) groups excluding carboxylic acids is 1. The maximum absolute atomic E-state index is 12.7. The molecule has 0 radical (unpaired) electrons. The van der Waals surface area contributed by atoms with Gasteiger partial charge in [0.2, 0.25) is 0 Å². The molecular formula is C14H14FN3O2S. The summed E-state index contributed by atoms with van der Waals surface area (Å²) < 4.78 is 12.7. The Kier molecular flexibility index (Phi) is 5.51. The van der Waals surface area contributed by atoms with Gasteiger partial charge >= 0.3 is 0 Å². The molecule has 2 aromatic rings. The van der Waals surface area contributed by atoms with Crippen LogP contribution in [0.5, 0.6) is 0 Å². The van der Waals surface area contributed by atoms with E-state index in [0.717, 1.165) is 17.1 Å². The first kappa shape index (κ1) is 15.2. The summed E-state index contributed by atoms with van der Waals surface area (Å²) in [5.41, 5.74) is -0.164. The number of hydrogen-bond acceptors (Lipinski definition) is 4. The fourth-order valence-corrected chi connectivity index (χ4v) is 2.41. The lowest BCUT2D eigenvalue weighted by Crippen LogP contribution is -2.26. The number of carbonyl (C=O) groups is 1. The molecule has 21 heavy (non-hydrogen) atoms. The van der Waals surface area contributed by atoms with Crippen LogP contribution in [0, 0.1) is 5.82 Å². The molecule has 0 bridgehead atoms. The molecule has 5 nitrogen and oxygen atoms in total. The Morgan fingerprint density at radius 3 is 2.67 bits per heavy atom. The van der Waals surface area contributed by atoms with Gasteiger partial charge in [-0.05, 0) is 42.5 Å². The van der Waals surface area contributed by atoms with E-state index >= 15 is 0 Å². The third-order valence-electron chi connectivity index (χ3n) is 2.60. The van der Waals surface area contributed by atoms with E-state index in [9.17, 15) is 14.0 Å². The molecule has 0 fully saturated rings. The number of rotatable bonds is 6. The van der Waals surface area contributed by atoms with Gasteiger partial charge in [-0.25, -0.2) is 9.49 Å². The number of nitrogens with one attached hydrogen (secondary N) is 2. The van der Waals surface area contributed by atoms with Gasteiger partial charge in [-0.3, -0.25) is 9.59 Å². The summed E-state index contributed by atoms with van der Waals surface area (Å²) in [6.07, 6.45) is 0.775. The number of amides is 1. The largest absolute Gasteiger partial charge is 0.351 e. The van der Waals surface area contributed by atoms with Gasteiger partial charge in [-0.15, -0.1) is 11.8 Å². The van der Waals surface area contributed by atoms with E-state index < -0.39 is 0 Å². The average Bonchev–Trinajstić information content (AvgIpc) is 2.49. The second-order valence-electron chi connectivity index (χ2n) is 4.22. The maximum atomic E-state index is 12.7. The molecule has 0 aliphatic heterocycles. The summed E-state index contributed by atoms with van der Waals surface area (Å²) >= 11 is 1.60. The highest BCUT2D eigenvalue weighted by Gasteiger charge is 2.05. The minimum absolute atomic E-state index is 0.181. The van der Waals surface area contributed by atoms with Crippen molar-refractivity contribution >= 4 is 17.7 Å². The van der Waals surface area contributed by atoms with E-state index in [4.69, 9.17) is 0 Å². The molecule has 0 unspecified atom stereocenters. The predicted octanol–water partition coefficient (Wildman–Crippen LogP) is 1.82. The quantitative estimate of drug-likeness (QED) is 0.630. The Morgan fingerprint density at radius 2 is 2.00 bits per heavy atom. The van der Waals surface area contributed by atoms with Crippen molar-refractivity contribution < 1.29 is 9.18 Å². The number of aromatic nitrogens is 2. The van der Waals surface area contributed by atoms with Crippen molar-refractivity contribution in [2.45, 2.75) is 11.3 Å². The van der Waals surface area contributed by atoms with Crippen LogP contribution in [0.25, 0.3) is 0 Å². The molecule has 0 spiro atoms. The van der Waals surface area contributed by atoms with Gasteiger partial charge in [-0.1, -0.05) is 0 Å². The number of H-pyrrole nitrogens is 1. The summed E-state index contributed by atoms with van der Waals surface area (Å²) in [5, 5.41) is 8.57. The molecule has 0 aliphatic carbocycles. The molecule has 2 rings (SSSR count). The third kappa shape index (κ3) is 5.03. The maximum Gasteiger partial charge on any atom is 0.271 e. The molecular weight excluding hydrogens is 293 g/mol. The Bertz CT molecular complexity index is 638. The minimum Gasteiger partial charge on any atom is -0.351 e. The number of nitrogens with zero attached hydrogens (tertiary/aromatic N) is 1. The summed E-state index contributed by atoms with van der Waals surface area (Å²) in [7, 11) is 0. The molecule has 0 aliphatic rings. The fourth-order valence-electron chi connectivity index (χ4n) is 1.56. The highest BCUT2D eigenvalue weighted by Crippen LogP contribution is 2.18. The normalized spacial score (nSPS) is 10.3. The molecule has 1 amide bonds. The summed E-state index contributed by atoms with van der Waals surface area (Å²) in [6.45, 7) is 0.508. The second kappa shape index (κ2) is 7.58. The highest BCUT2D eigenvalue weighted by molar-refractivity contribution is 7.99. The minimum atomic E-state index is -0.345. The summed E-state index contributed by atoms with van der Waals surface area (Å²) in [5.74, 6) is 0.239. The number of hydrogen-bond donors (Lipinski definition) is 2. The van der Waals surface area contributed by atoms with Gasteiger partial charge in [0, 0.05) is 17.5 Å². The van der Waals surface area contributed by atoms with E-state index in [1.165, 1.54) is 24.3 Å². The number of aromatic amines is 1. The van der Waals surface area contributed by atoms with Crippen LogP contribution in [0.1, 0.15) is 16.9 Å². The van der Waals surface area contributed by atoms with Crippen molar-refractivity contribution in [3.63, 3.8) is 0 Å². The lowest BCUT2D eigenvalue weighted by Gasteiger charge is -2.04. The van der Waals surface area contributed by atoms with Crippen molar-refractivity contribution in [2.24, 2.45) is 0 Å². The van der Waals surface area contributed by atoms with Crippen molar-refractivity contribution in [2.75, 3.05) is 12.3 Å². The first-order valence-corrected chi connectivity index (χ1v) is 7.36. The van der Waals surface area contributed by atoms with Crippen LogP contribution in [0.3, 0.4) is 0 Å². The topological polar surface area (TPSA) is 74.8 Å². The number of thioether (sulfide) groups is 1. The molecule has 0 atom stereocenters. The van der Waals surface area contributed by atoms with Crippen molar-refractivity contribution in [1.82, 2.24) is 15.5 Å². The molecule has 0 saturated carbocycles. The van der Waals surface area contributed by atoms with Crippen LogP contribution in [0.15, 0.2) is 46.1 Å². The zero-order chi connectivity index (χ0) is 15.1. The van der Waals surface area contributed by atoms with Crippen LogP contribution < -0.4 is 10.9 Å². The van der Waals surface area contributed by atoms with Gasteiger partial charge in [0.25, 0.3) is 11.5 Å². The molecule has 1 aromatic heterocycles. The van der Waals surface area contributed by atoms with Crippen LogP contribution >= 0.6 is 11.8 Å². The van der Waals surface area contributed by atoms with Crippen molar-refractivity contribution in [3.05, 3.63) is 58.3 Å². The van der Waals surface area contributed by atoms with E-state index in [1.54, 1.807) is 23.9 Å². The third-order valence-corrected chi connectivity index (χ3v) is 3.70. The number of benzene rings is 1. The fraction of sp³-hybridized carbons (Fsp3) is 0.214. The number of halogens is 1. The van der Waals surface area contributed by atoms with Gasteiger partial charge in [0.05, 0.1) is 0 Å². The lowest BCUT2D eigenvalue weighted by atomic mass is 10.3. The lowest BCUT2D eigenvalue weighted by molar-refractivity contribution is 0.0947. The first-order chi connectivity index (χ1) is 10.1. The van der Waals surface area contributed by atoms with Gasteiger partial charge in [0.15, 0.2) is 0 Å². The van der Waals surface area contributed by atoms with E-state index in [0.29, 0.717) is 6.54 Å². The molecule has 1 heterocycles. The smallest absolute Gasteiger partial charge is 0.271 e. The molecule has 2 N–H and O–H groups in total. The molecule has 7 heteroatoms. The highest BCUT2D eigenvalue weighted by atomic mass is 32.2. The van der Waals surface area contributed by atoms with Crippen LogP contribution in [0.2, 0.25) is 0 Å². The van der Waals surface area contributed by atoms with E-state index in [2.05, 4.69) is 15.5 Å². The Labute approximate surface area is 125 Å². The van der Waals surface area contributed by atoms with Crippen LogP contribution in [-0.2, 0) is 0 Å². The van der Waals surface area contributed by atoms with E-state index in [1.807, 2.05) is 0 Å². The van der Waals surface area contributed by atoms with Gasteiger partial charge < -0.3 is 5.32 Å². The van der Waals surface area contributed by atoms with Crippen LogP contribution in [-0.4, -0.2) is 28.4 Å². The zero-order valence-electron chi connectivity index (χ0n) is 11.1. The Balaban J connectivity index is 1.67. The van der Waals surface area contributed by atoms with Crippen molar-refractivity contribution in [1.29, 1.82) is 0 Å². The van der Waals surface area contributed by atoms with E-state index in [-0.39, 0.29) is 23.0 Å². The van der Waals surface area contributed by atoms with Gasteiger partial charge in [0.1, 0.15) is 11.5 Å². The monoisotopic (exact) mass is 307 g/mol. The molecule has 110 valence electrons. The Morgan fingerprint density at radius 1 is 1.24 bits per heavy atom. The second-order valence-corrected chi connectivity index (χ2v) is 5.39. The van der Waals surface area contributed by atoms with Gasteiger partial charge in [-0.2, -0.15) is 5.10 Å². The summed E-state index contributed by atoms with van der Waals surface area (Å²) in [6, 6.07) is 8.93. The average molecular weight is 307 g/mol. The molecule has 0 saturated heterocycles. The predicted molar refractivity (Wildman–Crippen MR) is 78.9 cm³/mol.